The smallest absolute Gasteiger partial charge is 0.312 e. The highest BCUT2D eigenvalue weighted by Gasteiger charge is 2.75. The Kier molecular flexibility index (Phi) is 8.76. The fourth-order valence-electron chi connectivity index (χ4n) is 7.61. The van der Waals surface area contributed by atoms with Crippen LogP contribution in [0.25, 0.3) is 0 Å². The summed E-state index contributed by atoms with van der Waals surface area (Å²) in [5, 5.41) is 10.6. The lowest BCUT2D eigenvalue weighted by Gasteiger charge is -2.42. The third-order valence-corrected chi connectivity index (χ3v) is 9.36. The number of carbonyl (C=O) groups is 3. The van der Waals surface area contributed by atoms with Gasteiger partial charge in [0.25, 0.3) is 0 Å². The van der Waals surface area contributed by atoms with Gasteiger partial charge in [-0.05, 0) is 44.1 Å². The predicted molar refractivity (Wildman–Crippen MR) is 150 cm³/mol. The van der Waals surface area contributed by atoms with Crippen molar-refractivity contribution in [1.82, 2.24) is 9.80 Å². The molecule has 0 aromatic heterocycles. The number of fused-ring (bicyclic) bond motifs is 1. The van der Waals surface area contributed by atoms with Crippen LogP contribution in [-0.2, 0) is 23.9 Å². The van der Waals surface area contributed by atoms with Crippen molar-refractivity contribution in [2.24, 2.45) is 11.8 Å². The van der Waals surface area contributed by atoms with E-state index in [9.17, 15) is 19.5 Å². The van der Waals surface area contributed by atoms with Gasteiger partial charge < -0.3 is 24.4 Å². The molecule has 1 saturated carbocycles. The first-order chi connectivity index (χ1) is 19.5. The number of esters is 1. The predicted octanol–water partition coefficient (Wildman–Crippen LogP) is 3.95. The number of likely N-dealkylation sites (tertiary alicyclic amines) is 1. The molecule has 3 aliphatic heterocycles. The Morgan fingerprint density at radius 2 is 1.90 bits per heavy atom. The van der Waals surface area contributed by atoms with Crippen LogP contribution in [0.4, 0.5) is 0 Å². The van der Waals surface area contributed by atoms with Crippen LogP contribution in [0.3, 0.4) is 0 Å². The lowest BCUT2D eigenvalue weighted by Crippen LogP contribution is -2.59. The minimum Gasteiger partial charge on any atom is -0.465 e. The van der Waals surface area contributed by atoms with E-state index in [4.69, 9.17) is 9.47 Å². The molecule has 2 unspecified atom stereocenters. The molecular formula is C32H42N2O6. The average Bonchev–Trinajstić information content (AvgIpc) is 3.63. The first kappa shape index (κ1) is 28.6. The molecule has 4 aliphatic rings. The van der Waals surface area contributed by atoms with Crippen molar-refractivity contribution in [3.05, 3.63) is 61.2 Å². The standard InChI is InChI=1S/C32H42N2O6/c1-3-5-12-20-39-31(38)26-25-17-18-32(40-25)27(26)29(36)34(24(21-35)22-13-8-6-9-14-22)28(32)30(37)33(19-4-2)23-15-10-7-11-16-23/h3-4,6,8-9,13-14,23-28,35H,1-2,5,7,10-12,15-21H2/t24-,25-,26+,27+,28?,32?/m1/s1. The monoisotopic (exact) mass is 550 g/mol. The minimum atomic E-state index is -1.14. The molecule has 5 rings (SSSR count). The second kappa shape index (κ2) is 12.3. The van der Waals surface area contributed by atoms with Crippen molar-refractivity contribution in [3.63, 3.8) is 0 Å². The average molecular weight is 551 g/mol. The maximum absolute atomic E-state index is 14.7. The molecule has 40 heavy (non-hydrogen) atoms. The highest BCUT2D eigenvalue weighted by molar-refractivity contribution is 5.98. The van der Waals surface area contributed by atoms with Crippen LogP contribution < -0.4 is 0 Å². The third kappa shape index (κ3) is 4.90. The van der Waals surface area contributed by atoms with E-state index in [1.54, 1.807) is 17.1 Å². The van der Waals surface area contributed by atoms with E-state index in [1.807, 2.05) is 35.2 Å². The van der Waals surface area contributed by atoms with Crippen LogP contribution in [0, 0.1) is 11.8 Å². The van der Waals surface area contributed by atoms with Gasteiger partial charge in [-0.25, -0.2) is 0 Å². The fraction of sp³-hybridized carbons (Fsp3) is 0.594. The molecule has 6 atom stereocenters. The van der Waals surface area contributed by atoms with Crippen LogP contribution >= 0.6 is 0 Å². The Hall–Kier alpha value is -2.97. The molecule has 2 amide bonds. The molecule has 1 aliphatic carbocycles. The van der Waals surface area contributed by atoms with E-state index < -0.39 is 41.6 Å². The summed E-state index contributed by atoms with van der Waals surface area (Å²) in [7, 11) is 0. The lowest BCUT2D eigenvalue weighted by atomic mass is 9.70. The Bertz CT molecular complexity index is 1100. The maximum atomic E-state index is 14.7. The van der Waals surface area contributed by atoms with E-state index in [1.165, 1.54) is 0 Å². The number of nitrogens with zero attached hydrogens (tertiary/aromatic N) is 2. The van der Waals surface area contributed by atoms with E-state index in [-0.39, 0.29) is 31.1 Å². The zero-order chi connectivity index (χ0) is 28.3. The summed E-state index contributed by atoms with van der Waals surface area (Å²) in [5.74, 6) is -2.56. The Balaban J connectivity index is 1.54. The van der Waals surface area contributed by atoms with Gasteiger partial charge in [-0.2, -0.15) is 0 Å². The lowest BCUT2D eigenvalue weighted by molar-refractivity contribution is -0.157. The molecule has 3 heterocycles. The molecule has 1 aromatic carbocycles. The van der Waals surface area contributed by atoms with Gasteiger partial charge in [-0.15, -0.1) is 13.2 Å². The van der Waals surface area contributed by atoms with Crippen molar-refractivity contribution >= 4 is 17.8 Å². The summed E-state index contributed by atoms with van der Waals surface area (Å²) in [4.78, 5) is 45.9. The number of unbranched alkanes of at least 4 members (excludes halogenated alkanes) is 1. The number of aliphatic hydroxyl groups excluding tert-OH is 1. The second-order valence-electron chi connectivity index (χ2n) is 11.6. The molecule has 1 aromatic rings. The summed E-state index contributed by atoms with van der Waals surface area (Å²) in [5.41, 5.74) is -0.404. The number of hydrogen-bond donors (Lipinski definition) is 1. The number of benzene rings is 1. The van der Waals surface area contributed by atoms with Gasteiger partial charge >= 0.3 is 5.97 Å². The number of carbonyl (C=O) groups excluding carboxylic acids is 3. The largest absolute Gasteiger partial charge is 0.465 e. The van der Waals surface area contributed by atoms with Crippen molar-refractivity contribution < 1.29 is 29.0 Å². The molecule has 1 N–H and O–H groups in total. The summed E-state index contributed by atoms with van der Waals surface area (Å²) in [6.07, 6.45) is 10.6. The highest BCUT2D eigenvalue weighted by atomic mass is 16.6. The zero-order valence-corrected chi connectivity index (χ0v) is 23.3. The summed E-state index contributed by atoms with van der Waals surface area (Å²) in [6, 6.07) is 7.65. The SMILES string of the molecule is C=CCCCOC(=O)[C@@H]1[C@H]2C(=O)N([C@H](CO)c3ccccc3)C(C(=O)N(CC=C)C3CCCCC3)C23CC[C@H]1O3. The Morgan fingerprint density at radius 3 is 2.58 bits per heavy atom. The number of rotatable bonds is 12. The molecule has 0 radical (unpaired) electrons. The zero-order valence-electron chi connectivity index (χ0n) is 23.3. The number of amides is 2. The summed E-state index contributed by atoms with van der Waals surface area (Å²) < 4.78 is 12.2. The van der Waals surface area contributed by atoms with Crippen LogP contribution in [0.1, 0.15) is 69.4 Å². The van der Waals surface area contributed by atoms with E-state index in [0.29, 0.717) is 25.8 Å². The molecular weight excluding hydrogens is 508 g/mol. The Labute approximate surface area is 237 Å². The normalized spacial score (nSPS) is 30.1. The van der Waals surface area contributed by atoms with Crippen molar-refractivity contribution in [3.8, 4) is 0 Å². The van der Waals surface area contributed by atoms with Gasteiger partial charge in [0, 0.05) is 12.6 Å². The van der Waals surface area contributed by atoms with E-state index in [0.717, 1.165) is 44.1 Å². The fourth-order valence-corrected chi connectivity index (χ4v) is 7.61. The molecule has 1 spiro atoms. The summed E-state index contributed by atoms with van der Waals surface area (Å²) in [6.45, 7) is 7.88. The molecule has 2 bridgehead atoms. The van der Waals surface area contributed by atoms with Gasteiger partial charge in [0.1, 0.15) is 11.6 Å². The maximum Gasteiger partial charge on any atom is 0.312 e. The van der Waals surface area contributed by atoms with Gasteiger partial charge in [-0.3, -0.25) is 14.4 Å². The quantitative estimate of drug-likeness (QED) is 0.241. The minimum absolute atomic E-state index is 0.0557. The van der Waals surface area contributed by atoms with Gasteiger partial charge in [0.2, 0.25) is 11.8 Å². The molecule has 4 fully saturated rings. The first-order valence-corrected chi connectivity index (χ1v) is 14.8. The van der Waals surface area contributed by atoms with Crippen molar-refractivity contribution in [2.75, 3.05) is 19.8 Å². The van der Waals surface area contributed by atoms with Crippen molar-refractivity contribution in [1.29, 1.82) is 0 Å². The second-order valence-corrected chi connectivity index (χ2v) is 11.6. The van der Waals surface area contributed by atoms with E-state index in [2.05, 4.69) is 13.2 Å². The molecule has 8 heteroatoms. The summed E-state index contributed by atoms with van der Waals surface area (Å²) >= 11 is 0. The molecule has 8 nitrogen and oxygen atoms in total. The molecule has 216 valence electrons. The van der Waals surface area contributed by atoms with Gasteiger partial charge in [0.15, 0.2) is 0 Å². The number of aliphatic hydroxyl groups is 1. The van der Waals surface area contributed by atoms with Crippen LogP contribution in [-0.4, -0.2) is 76.2 Å². The number of hydrogen-bond acceptors (Lipinski definition) is 6. The van der Waals surface area contributed by atoms with Crippen LogP contribution in [0.2, 0.25) is 0 Å². The van der Waals surface area contributed by atoms with Gasteiger partial charge in [0.05, 0.1) is 37.2 Å². The van der Waals surface area contributed by atoms with E-state index >= 15 is 0 Å². The third-order valence-electron chi connectivity index (χ3n) is 9.36. The topological polar surface area (TPSA) is 96.4 Å². The number of allylic oxidation sites excluding steroid dienone is 1. The van der Waals surface area contributed by atoms with Gasteiger partial charge in [-0.1, -0.05) is 61.7 Å². The van der Waals surface area contributed by atoms with Crippen LogP contribution in [0.5, 0.6) is 0 Å². The van der Waals surface area contributed by atoms with Crippen LogP contribution in [0.15, 0.2) is 55.6 Å². The number of ether oxygens (including phenoxy) is 2. The van der Waals surface area contributed by atoms with Crippen molar-refractivity contribution in [2.45, 2.75) is 87.6 Å². The Morgan fingerprint density at radius 1 is 1.15 bits per heavy atom. The highest BCUT2D eigenvalue weighted by Crippen LogP contribution is 2.60. The first-order valence-electron chi connectivity index (χ1n) is 14.8. The molecule has 3 saturated heterocycles.